The van der Waals surface area contributed by atoms with Crippen LogP contribution in [0.25, 0.3) is 11.4 Å². The van der Waals surface area contributed by atoms with Crippen molar-refractivity contribution in [2.75, 3.05) is 25.6 Å². The summed E-state index contributed by atoms with van der Waals surface area (Å²) in [6.45, 7) is 1.20. The van der Waals surface area contributed by atoms with Crippen molar-refractivity contribution < 1.29 is 23.1 Å². The second-order valence-corrected chi connectivity index (χ2v) is 6.27. The van der Waals surface area contributed by atoms with Gasteiger partial charge >= 0.3 is 0 Å². The number of halogens is 2. The van der Waals surface area contributed by atoms with Crippen molar-refractivity contribution in [2.45, 2.75) is 5.75 Å². The van der Waals surface area contributed by atoms with Crippen LogP contribution in [0.15, 0.2) is 22.7 Å². The van der Waals surface area contributed by atoms with Crippen LogP contribution >= 0.6 is 11.8 Å². The van der Waals surface area contributed by atoms with Gasteiger partial charge in [0, 0.05) is 16.7 Å². The fourth-order valence-corrected chi connectivity index (χ4v) is 3.12. The van der Waals surface area contributed by atoms with Gasteiger partial charge in [0.1, 0.15) is 0 Å². The van der Waals surface area contributed by atoms with E-state index in [4.69, 9.17) is 9.26 Å². The summed E-state index contributed by atoms with van der Waals surface area (Å²) in [5.41, 5.74) is 0.186. The molecule has 0 atom stereocenters. The van der Waals surface area contributed by atoms with Gasteiger partial charge in [-0.15, -0.1) is 0 Å². The Morgan fingerprint density at radius 1 is 1.27 bits per heavy atom. The predicted octanol–water partition coefficient (Wildman–Crippen LogP) is 2.26. The van der Waals surface area contributed by atoms with Gasteiger partial charge < -0.3 is 14.4 Å². The third-order valence-corrected chi connectivity index (χ3v) is 4.70. The lowest BCUT2D eigenvalue weighted by Gasteiger charge is -2.39. The highest BCUT2D eigenvalue weighted by molar-refractivity contribution is 7.98. The van der Waals surface area contributed by atoms with Crippen LogP contribution in [0, 0.1) is 17.0 Å². The van der Waals surface area contributed by atoms with Crippen LogP contribution in [0.3, 0.4) is 0 Å². The van der Waals surface area contributed by atoms with E-state index in [2.05, 4.69) is 10.1 Å². The molecule has 0 amide bonds. The zero-order valence-electron chi connectivity index (χ0n) is 11.6. The topological polar surface area (TPSA) is 68.4 Å². The first kappa shape index (κ1) is 15.4. The zero-order chi connectivity index (χ0) is 15.6. The lowest BCUT2D eigenvalue weighted by molar-refractivity contribution is -0.121. The molecule has 1 saturated heterocycles. The Morgan fingerprint density at radius 3 is 2.73 bits per heavy atom. The molecule has 22 heavy (non-hydrogen) atoms. The van der Waals surface area contributed by atoms with E-state index >= 15 is 0 Å². The molecule has 0 radical (unpaired) electrons. The lowest BCUT2D eigenvalue weighted by Crippen LogP contribution is -2.47. The minimum absolute atomic E-state index is 0.0872. The number of benzene rings is 1. The summed E-state index contributed by atoms with van der Waals surface area (Å²) in [5, 5.41) is 13.1. The molecule has 1 fully saturated rings. The molecule has 0 spiro atoms. The Bertz CT molecular complexity index is 656. The minimum Gasteiger partial charge on any atom is -0.396 e. The molecule has 1 aromatic carbocycles. The quantitative estimate of drug-likeness (QED) is 0.877. The van der Waals surface area contributed by atoms with Crippen molar-refractivity contribution in [3.05, 3.63) is 35.7 Å². The number of hydrogen-bond acceptors (Lipinski definition) is 6. The molecule has 2 heterocycles. The van der Waals surface area contributed by atoms with Crippen molar-refractivity contribution >= 4 is 11.8 Å². The van der Waals surface area contributed by atoms with Crippen molar-refractivity contribution in [2.24, 2.45) is 5.41 Å². The van der Waals surface area contributed by atoms with E-state index in [1.165, 1.54) is 6.07 Å². The number of aliphatic hydroxyl groups excluding tert-OH is 1. The average Bonchev–Trinajstić information content (AvgIpc) is 2.94. The van der Waals surface area contributed by atoms with Crippen LogP contribution in [0.4, 0.5) is 8.78 Å². The first-order valence-corrected chi connectivity index (χ1v) is 7.82. The van der Waals surface area contributed by atoms with Crippen molar-refractivity contribution in [3.8, 4) is 11.4 Å². The van der Waals surface area contributed by atoms with Crippen molar-refractivity contribution in [1.82, 2.24) is 10.1 Å². The summed E-state index contributed by atoms with van der Waals surface area (Å²) in [7, 11) is 0. The molecule has 1 N–H and O–H groups in total. The van der Waals surface area contributed by atoms with Crippen LogP contribution < -0.4 is 0 Å². The van der Waals surface area contributed by atoms with Gasteiger partial charge in [0.2, 0.25) is 11.7 Å². The van der Waals surface area contributed by atoms with Gasteiger partial charge in [0.25, 0.3) is 0 Å². The summed E-state index contributed by atoms with van der Waals surface area (Å²) in [4.78, 5) is 4.16. The predicted molar refractivity (Wildman–Crippen MR) is 76.1 cm³/mol. The number of nitrogens with zero attached hydrogens (tertiary/aromatic N) is 2. The highest BCUT2D eigenvalue weighted by atomic mass is 32.2. The number of hydrogen-bond donors (Lipinski definition) is 1. The van der Waals surface area contributed by atoms with Gasteiger partial charge in [-0.3, -0.25) is 0 Å². The Hall–Kier alpha value is -1.51. The number of ether oxygens (including phenoxy) is 1. The smallest absolute Gasteiger partial charge is 0.236 e. The minimum atomic E-state index is -0.951. The highest BCUT2D eigenvalue weighted by Crippen LogP contribution is 2.32. The Kier molecular flexibility index (Phi) is 4.42. The first-order valence-electron chi connectivity index (χ1n) is 6.66. The number of thioether (sulfide) groups is 1. The van der Waals surface area contributed by atoms with E-state index in [-0.39, 0.29) is 17.8 Å². The SMILES string of the molecule is OCC1(CSCc2nc(-c3ccc(F)c(F)c3)no2)COC1. The highest BCUT2D eigenvalue weighted by Gasteiger charge is 2.37. The van der Waals surface area contributed by atoms with Crippen LogP contribution in [0.2, 0.25) is 0 Å². The molecular weight excluding hydrogens is 314 g/mol. The van der Waals surface area contributed by atoms with E-state index in [0.717, 1.165) is 17.9 Å². The standard InChI is InChI=1S/C14H14F2N2O3S/c15-10-2-1-9(3-11(10)16)13-17-12(21-18-13)4-22-8-14(5-19)6-20-7-14/h1-3,19H,4-8H2. The van der Waals surface area contributed by atoms with Gasteiger partial charge in [0.15, 0.2) is 11.6 Å². The molecule has 3 rings (SSSR count). The molecule has 0 saturated carbocycles. The molecule has 0 unspecified atom stereocenters. The number of aliphatic hydroxyl groups is 1. The van der Waals surface area contributed by atoms with Gasteiger partial charge in [0.05, 0.1) is 25.6 Å². The normalized spacial score (nSPS) is 16.5. The fourth-order valence-electron chi connectivity index (χ4n) is 2.03. The monoisotopic (exact) mass is 328 g/mol. The second-order valence-electron chi connectivity index (χ2n) is 5.28. The Morgan fingerprint density at radius 2 is 2.09 bits per heavy atom. The van der Waals surface area contributed by atoms with Gasteiger partial charge in [-0.2, -0.15) is 16.7 Å². The van der Waals surface area contributed by atoms with Gasteiger partial charge in [-0.05, 0) is 18.2 Å². The third kappa shape index (κ3) is 3.13. The van der Waals surface area contributed by atoms with Crippen LogP contribution in [-0.4, -0.2) is 40.8 Å². The molecular formula is C14H14F2N2O3S. The molecule has 1 aliphatic rings. The molecule has 0 bridgehead atoms. The van der Waals surface area contributed by atoms with Gasteiger partial charge in [-0.25, -0.2) is 8.78 Å². The largest absolute Gasteiger partial charge is 0.396 e. The third-order valence-electron chi connectivity index (χ3n) is 3.43. The molecule has 0 aliphatic carbocycles. The lowest BCUT2D eigenvalue weighted by atomic mass is 9.90. The van der Waals surface area contributed by atoms with Gasteiger partial charge in [-0.1, -0.05) is 5.16 Å². The van der Waals surface area contributed by atoms with E-state index in [1.54, 1.807) is 11.8 Å². The van der Waals surface area contributed by atoms with Crippen LogP contribution in [0.5, 0.6) is 0 Å². The summed E-state index contributed by atoms with van der Waals surface area (Å²) in [6, 6.07) is 3.45. The van der Waals surface area contributed by atoms with Crippen molar-refractivity contribution in [1.29, 1.82) is 0 Å². The van der Waals surface area contributed by atoms with Crippen LogP contribution in [0.1, 0.15) is 5.89 Å². The number of aromatic nitrogens is 2. The summed E-state index contributed by atoms with van der Waals surface area (Å²) < 4.78 is 36.3. The maximum absolute atomic E-state index is 13.2. The van der Waals surface area contributed by atoms with E-state index in [0.29, 0.717) is 30.4 Å². The summed E-state index contributed by atoms with van der Waals surface area (Å²) in [5.74, 6) is -0.0327. The molecule has 1 aliphatic heterocycles. The molecule has 118 valence electrons. The summed E-state index contributed by atoms with van der Waals surface area (Å²) >= 11 is 1.56. The Labute approximate surface area is 129 Å². The zero-order valence-corrected chi connectivity index (χ0v) is 12.4. The van der Waals surface area contributed by atoms with Crippen molar-refractivity contribution in [3.63, 3.8) is 0 Å². The second kappa shape index (κ2) is 6.31. The molecule has 2 aromatic rings. The maximum atomic E-state index is 13.2. The van der Waals surface area contributed by atoms with Crippen LogP contribution in [-0.2, 0) is 10.5 Å². The molecule has 8 heteroatoms. The first-order chi connectivity index (χ1) is 10.6. The fraction of sp³-hybridized carbons (Fsp3) is 0.429. The Balaban J connectivity index is 1.60. The van der Waals surface area contributed by atoms with E-state index in [9.17, 15) is 13.9 Å². The molecule has 5 nitrogen and oxygen atoms in total. The molecule has 1 aromatic heterocycles. The van der Waals surface area contributed by atoms with E-state index in [1.807, 2.05) is 0 Å². The average molecular weight is 328 g/mol. The van der Waals surface area contributed by atoms with E-state index < -0.39 is 11.6 Å². The maximum Gasteiger partial charge on any atom is 0.236 e. The summed E-state index contributed by atoms with van der Waals surface area (Å²) in [6.07, 6.45) is 0. The number of rotatable bonds is 6.